The van der Waals surface area contributed by atoms with E-state index in [-0.39, 0.29) is 5.88 Å². The first kappa shape index (κ1) is 17.2. The van der Waals surface area contributed by atoms with Crippen molar-refractivity contribution in [3.8, 4) is 34.7 Å². The fourth-order valence-electron chi connectivity index (χ4n) is 3.21. The molecule has 0 bridgehead atoms. The van der Waals surface area contributed by atoms with Gasteiger partial charge in [0.25, 0.3) is 0 Å². The van der Waals surface area contributed by atoms with Gasteiger partial charge in [-0.3, -0.25) is 0 Å². The molecule has 0 saturated heterocycles. The Morgan fingerprint density at radius 3 is 2.76 bits per heavy atom. The number of ether oxygens (including phenoxy) is 1. The number of nitrogens with zero attached hydrogens (tertiary/aromatic N) is 7. The van der Waals surface area contributed by atoms with Gasteiger partial charge in [-0.15, -0.1) is 0 Å². The highest BCUT2D eigenvalue weighted by molar-refractivity contribution is 5.75. The lowest BCUT2D eigenvalue weighted by atomic mass is 10.1. The first-order chi connectivity index (χ1) is 14.1. The van der Waals surface area contributed by atoms with E-state index in [9.17, 15) is 14.0 Å². The lowest BCUT2D eigenvalue weighted by Crippen LogP contribution is -2.04. The van der Waals surface area contributed by atoms with Gasteiger partial charge in [0, 0.05) is 12.1 Å². The summed E-state index contributed by atoms with van der Waals surface area (Å²) in [7, 11) is 0. The van der Waals surface area contributed by atoms with Crippen LogP contribution in [0.15, 0.2) is 42.9 Å². The Bertz CT molecular complexity index is 1250. The van der Waals surface area contributed by atoms with E-state index >= 15 is 0 Å². The standard InChI is InChI=1S/C19H13F2N7O/c20-19(21)29-16-3-1-2-13(25-16)17-18(27(10-24-17)11-4-5-11)14-6-7-15-23-9-12(8-22)28(15)26-14/h1-3,6-7,9-11,19H,4-5H2. The molecular weight excluding hydrogens is 380 g/mol. The number of alkyl halides is 2. The van der Waals surface area contributed by atoms with Crippen molar-refractivity contribution in [3.05, 3.63) is 48.5 Å². The average Bonchev–Trinajstić information content (AvgIpc) is 3.33. The number of nitriles is 1. The zero-order valence-electron chi connectivity index (χ0n) is 14.9. The Balaban J connectivity index is 1.67. The van der Waals surface area contributed by atoms with Crippen molar-refractivity contribution in [2.45, 2.75) is 25.5 Å². The van der Waals surface area contributed by atoms with Crippen molar-refractivity contribution in [2.75, 3.05) is 0 Å². The molecule has 0 spiro atoms. The van der Waals surface area contributed by atoms with E-state index in [4.69, 9.17) is 0 Å². The molecule has 0 radical (unpaired) electrons. The molecule has 0 N–H and O–H groups in total. The van der Waals surface area contributed by atoms with Crippen LogP contribution in [0.5, 0.6) is 5.88 Å². The van der Waals surface area contributed by atoms with Crippen molar-refractivity contribution < 1.29 is 13.5 Å². The summed E-state index contributed by atoms with van der Waals surface area (Å²) in [5.74, 6) is -0.186. The highest BCUT2D eigenvalue weighted by Gasteiger charge is 2.29. The maximum Gasteiger partial charge on any atom is 0.388 e. The Hall–Kier alpha value is -3.87. The number of hydrogen-bond acceptors (Lipinski definition) is 6. The van der Waals surface area contributed by atoms with Crippen LogP contribution in [0, 0.1) is 11.3 Å². The molecule has 5 rings (SSSR count). The second kappa shape index (κ2) is 6.63. The van der Waals surface area contributed by atoms with Crippen LogP contribution in [0.25, 0.3) is 28.4 Å². The topological polar surface area (TPSA) is 93.9 Å². The molecule has 0 aliphatic heterocycles. The zero-order chi connectivity index (χ0) is 20.0. The van der Waals surface area contributed by atoms with Gasteiger partial charge in [-0.25, -0.2) is 19.5 Å². The fraction of sp³-hybridized carbons (Fsp3) is 0.211. The first-order valence-electron chi connectivity index (χ1n) is 8.88. The number of hydrogen-bond donors (Lipinski definition) is 0. The molecule has 0 amide bonds. The average molecular weight is 393 g/mol. The monoisotopic (exact) mass is 393 g/mol. The normalized spacial score (nSPS) is 13.7. The van der Waals surface area contributed by atoms with Gasteiger partial charge in [0.05, 0.1) is 23.9 Å². The number of rotatable bonds is 5. The Morgan fingerprint density at radius 2 is 2.00 bits per heavy atom. The fourth-order valence-corrected chi connectivity index (χ4v) is 3.21. The first-order valence-corrected chi connectivity index (χ1v) is 8.88. The third-order valence-electron chi connectivity index (χ3n) is 4.63. The second-order valence-corrected chi connectivity index (χ2v) is 6.56. The van der Waals surface area contributed by atoms with Gasteiger partial charge in [-0.2, -0.15) is 19.1 Å². The second-order valence-electron chi connectivity index (χ2n) is 6.56. The van der Waals surface area contributed by atoms with Crippen molar-refractivity contribution >= 4 is 5.65 Å². The molecule has 1 aliphatic carbocycles. The van der Waals surface area contributed by atoms with Gasteiger partial charge < -0.3 is 9.30 Å². The van der Waals surface area contributed by atoms with Crippen LogP contribution in [-0.2, 0) is 0 Å². The third-order valence-corrected chi connectivity index (χ3v) is 4.63. The molecule has 4 aromatic rings. The van der Waals surface area contributed by atoms with Crippen LogP contribution in [0.4, 0.5) is 8.78 Å². The zero-order valence-corrected chi connectivity index (χ0v) is 14.9. The lowest BCUT2D eigenvalue weighted by molar-refractivity contribution is -0.0527. The molecular formula is C19H13F2N7O. The largest absolute Gasteiger partial charge is 0.417 e. The van der Waals surface area contributed by atoms with Crippen LogP contribution < -0.4 is 4.74 Å². The van der Waals surface area contributed by atoms with Crippen LogP contribution in [0.2, 0.25) is 0 Å². The van der Waals surface area contributed by atoms with Gasteiger partial charge in [0.2, 0.25) is 5.88 Å². The molecule has 8 nitrogen and oxygen atoms in total. The highest BCUT2D eigenvalue weighted by Crippen LogP contribution is 2.41. The third kappa shape index (κ3) is 3.06. The summed E-state index contributed by atoms with van der Waals surface area (Å²) < 4.78 is 33.1. The van der Waals surface area contributed by atoms with E-state index in [1.165, 1.54) is 16.8 Å². The Morgan fingerprint density at radius 1 is 1.14 bits per heavy atom. The number of pyridine rings is 1. The van der Waals surface area contributed by atoms with Crippen molar-refractivity contribution in [2.24, 2.45) is 0 Å². The Kier molecular flexibility index (Phi) is 3.94. The quantitative estimate of drug-likeness (QED) is 0.515. The molecule has 0 unspecified atom stereocenters. The van der Waals surface area contributed by atoms with Crippen LogP contribution in [0.3, 0.4) is 0 Å². The van der Waals surface area contributed by atoms with E-state index in [1.54, 1.807) is 30.6 Å². The molecule has 29 heavy (non-hydrogen) atoms. The minimum Gasteiger partial charge on any atom is -0.417 e. The predicted molar refractivity (Wildman–Crippen MR) is 97.1 cm³/mol. The molecule has 0 atom stereocenters. The number of fused-ring (bicyclic) bond motifs is 1. The number of imidazole rings is 2. The van der Waals surface area contributed by atoms with Crippen molar-refractivity contribution in [3.63, 3.8) is 0 Å². The molecule has 144 valence electrons. The van der Waals surface area contributed by atoms with E-state index in [2.05, 4.69) is 30.9 Å². The van der Waals surface area contributed by atoms with Gasteiger partial charge in [-0.1, -0.05) is 6.07 Å². The summed E-state index contributed by atoms with van der Waals surface area (Å²) >= 11 is 0. The van der Waals surface area contributed by atoms with Crippen LogP contribution in [-0.4, -0.2) is 35.7 Å². The summed E-state index contributed by atoms with van der Waals surface area (Å²) in [4.78, 5) is 12.8. The maximum atomic E-state index is 12.6. The smallest absolute Gasteiger partial charge is 0.388 e. The van der Waals surface area contributed by atoms with Crippen molar-refractivity contribution in [1.82, 2.24) is 29.1 Å². The summed E-state index contributed by atoms with van der Waals surface area (Å²) in [6, 6.07) is 10.5. The number of halogens is 2. The molecule has 4 heterocycles. The Labute approximate surface area is 163 Å². The molecule has 0 aromatic carbocycles. The lowest BCUT2D eigenvalue weighted by Gasteiger charge is -2.10. The van der Waals surface area contributed by atoms with Crippen LogP contribution >= 0.6 is 0 Å². The SMILES string of the molecule is N#Cc1cnc2ccc(-c3c(-c4cccc(OC(F)F)n4)ncn3C3CC3)nn12. The summed E-state index contributed by atoms with van der Waals surface area (Å²) in [6.45, 7) is -2.96. The summed E-state index contributed by atoms with van der Waals surface area (Å²) in [5.41, 5.74) is 3.04. The van der Waals surface area contributed by atoms with Gasteiger partial charge in [0.15, 0.2) is 11.3 Å². The number of aromatic nitrogens is 6. The van der Waals surface area contributed by atoms with E-state index in [0.717, 1.165) is 12.8 Å². The van der Waals surface area contributed by atoms with E-state index in [1.807, 2.05) is 4.57 Å². The summed E-state index contributed by atoms with van der Waals surface area (Å²) in [5, 5.41) is 13.8. The molecule has 1 fully saturated rings. The van der Waals surface area contributed by atoms with Crippen molar-refractivity contribution in [1.29, 1.82) is 5.26 Å². The maximum absolute atomic E-state index is 12.6. The van der Waals surface area contributed by atoms with Gasteiger partial charge in [-0.05, 0) is 31.0 Å². The van der Waals surface area contributed by atoms with E-state index < -0.39 is 6.61 Å². The highest BCUT2D eigenvalue weighted by atomic mass is 19.3. The minimum absolute atomic E-state index is 0.186. The molecule has 1 saturated carbocycles. The predicted octanol–water partition coefficient (Wildman–Crippen LogP) is 3.46. The minimum atomic E-state index is -2.96. The van der Waals surface area contributed by atoms with Gasteiger partial charge in [0.1, 0.15) is 17.5 Å². The van der Waals surface area contributed by atoms with E-state index in [0.29, 0.717) is 40.2 Å². The molecule has 10 heteroatoms. The summed E-state index contributed by atoms with van der Waals surface area (Å²) in [6.07, 6.45) is 5.19. The van der Waals surface area contributed by atoms with Crippen LogP contribution in [0.1, 0.15) is 24.6 Å². The van der Waals surface area contributed by atoms with Gasteiger partial charge >= 0.3 is 6.61 Å². The molecule has 4 aromatic heterocycles. The molecule has 1 aliphatic rings.